The molecule has 0 saturated carbocycles. The summed E-state index contributed by atoms with van der Waals surface area (Å²) in [6.45, 7) is 0.0949. The number of aromatic nitrogens is 4. The van der Waals surface area contributed by atoms with Crippen LogP contribution in [0.2, 0.25) is 5.02 Å². The molecule has 238 valence electrons. The van der Waals surface area contributed by atoms with Crippen molar-refractivity contribution in [1.29, 1.82) is 0 Å². The number of benzene rings is 3. The highest BCUT2D eigenvalue weighted by molar-refractivity contribution is 6.33. The summed E-state index contributed by atoms with van der Waals surface area (Å²) in [4.78, 5) is 14.4. The maximum absolute atomic E-state index is 14.4. The zero-order valence-corrected chi connectivity index (χ0v) is 24.2. The average Bonchev–Trinajstić information content (AvgIpc) is 3.78. The number of nitrogens with zero attached hydrogens (tertiary/aromatic N) is 4. The Hall–Kier alpha value is -4.53. The molecule has 6 rings (SSSR count). The second kappa shape index (κ2) is 12.3. The molecule has 5 aromatic rings. The SMILES string of the molecule is O=C(c1nnn(Cc2cc(C(F)(F)F)cc(C(F)(F)F)c2)c1-c1ccccc1)c1c(CC2OCCO2)noc1-c1ccccc1Cl. The van der Waals surface area contributed by atoms with Crippen molar-refractivity contribution in [2.45, 2.75) is 31.6 Å². The van der Waals surface area contributed by atoms with E-state index < -0.39 is 42.1 Å². The summed E-state index contributed by atoms with van der Waals surface area (Å²) in [5, 5.41) is 12.4. The first-order valence-corrected chi connectivity index (χ1v) is 14.1. The first-order chi connectivity index (χ1) is 21.9. The number of carbonyl (C=O) groups excluding carboxylic acids is 1. The highest BCUT2D eigenvalue weighted by Gasteiger charge is 2.38. The van der Waals surface area contributed by atoms with E-state index in [0.29, 0.717) is 36.5 Å². The fourth-order valence-electron chi connectivity index (χ4n) is 5.07. The average molecular weight is 663 g/mol. The van der Waals surface area contributed by atoms with E-state index in [1.54, 1.807) is 54.6 Å². The lowest BCUT2D eigenvalue weighted by atomic mass is 9.97. The van der Waals surface area contributed by atoms with E-state index >= 15 is 0 Å². The first kappa shape index (κ1) is 31.5. The van der Waals surface area contributed by atoms with Crippen LogP contribution < -0.4 is 0 Å². The van der Waals surface area contributed by atoms with Gasteiger partial charge in [0.1, 0.15) is 11.4 Å². The van der Waals surface area contributed by atoms with Crippen LogP contribution in [0.5, 0.6) is 0 Å². The lowest BCUT2D eigenvalue weighted by Gasteiger charge is -2.15. The van der Waals surface area contributed by atoms with Crippen LogP contribution in [-0.2, 0) is 34.8 Å². The number of rotatable bonds is 8. The Bertz CT molecular complexity index is 1850. The topological polar surface area (TPSA) is 92.3 Å². The van der Waals surface area contributed by atoms with Crippen molar-refractivity contribution in [3.05, 3.63) is 111 Å². The number of hydrogen-bond donors (Lipinski definition) is 0. The van der Waals surface area contributed by atoms with Crippen molar-refractivity contribution < 1.29 is 45.1 Å². The molecule has 0 atom stereocenters. The van der Waals surface area contributed by atoms with E-state index in [2.05, 4.69) is 15.5 Å². The van der Waals surface area contributed by atoms with Gasteiger partial charge in [0.25, 0.3) is 0 Å². The number of hydrogen-bond acceptors (Lipinski definition) is 7. The van der Waals surface area contributed by atoms with Crippen molar-refractivity contribution in [2.24, 2.45) is 0 Å². The second-order valence-corrected chi connectivity index (χ2v) is 10.6. The summed E-state index contributed by atoms with van der Waals surface area (Å²) in [6, 6.07) is 16.0. The summed E-state index contributed by atoms with van der Waals surface area (Å²) in [5.41, 5.74) is -2.68. The van der Waals surface area contributed by atoms with Crippen molar-refractivity contribution >= 4 is 17.4 Å². The fraction of sp³-hybridized carbons (Fsp3) is 0.226. The van der Waals surface area contributed by atoms with Gasteiger partial charge in [-0.05, 0) is 35.9 Å². The molecule has 0 N–H and O–H groups in total. The van der Waals surface area contributed by atoms with Gasteiger partial charge in [-0.2, -0.15) is 26.3 Å². The van der Waals surface area contributed by atoms with Gasteiger partial charge in [0.05, 0.1) is 41.5 Å². The Balaban J connectivity index is 1.49. The summed E-state index contributed by atoms with van der Waals surface area (Å²) < 4.78 is 99.3. The predicted octanol–water partition coefficient (Wildman–Crippen LogP) is 7.49. The molecule has 0 spiro atoms. The van der Waals surface area contributed by atoms with E-state index in [4.69, 9.17) is 25.6 Å². The standard InChI is InChI=1S/C31H21ClF6N4O4/c32-22-9-5-4-8-21(22)29-25(23(40-46-29)15-24-44-10-11-45-24)28(43)26-27(18-6-2-1-3-7-18)42(41-39-26)16-17-12-19(30(33,34)35)14-20(13-17)31(36,37)38/h1-9,12-14,24H,10-11,15-16H2. The summed E-state index contributed by atoms with van der Waals surface area (Å²) >= 11 is 6.43. The normalized spacial score (nSPS) is 14.2. The Morgan fingerprint density at radius 2 is 1.52 bits per heavy atom. The molecule has 2 aromatic heterocycles. The van der Waals surface area contributed by atoms with Crippen LogP contribution in [0.1, 0.15) is 38.4 Å². The minimum atomic E-state index is -5.05. The molecule has 0 bridgehead atoms. The molecule has 0 aliphatic carbocycles. The third kappa shape index (κ3) is 6.41. The minimum absolute atomic E-state index is 0.0184. The second-order valence-electron chi connectivity index (χ2n) is 10.2. The van der Waals surface area contributed by atoms with Gasteiger partial charge in [-0.25, -0.2) is 4.68 Å². The number of ketones is 1. The van der Waals surface area contributed by atoms with Crippen LogP contribution in [0.3, 0.4) is 0 Å². The number of carbonyl (C=O) groups is 1. The monoisotopic (exact) mass is 662 g/mol. The zero-order valence-electron chi connectivity index (χ0n) is 23.4. The molecule has 3 aromatic carbocycles. The quantitative estimate of drug-likeness (QED) is 0.126. The Kier molecular flexibility index (Phi) is 8.44. The predicted molar refractivity (Wildman–Crippen MR) is 151 cm³/mol. The van der Waals surface area contributed by atoms with E-state index in [1.165, 1.54) is 0 Å². The van der Waals surface area contributed by atoms with Crippen molar-refractivity contribution in [2.75, 3.05) is 13.2 Å². The molecule has 1 saturated heterocycles. The van der Waals surface area contributed by atoms with Gasteiger partial charge in [0.15, 0.2) is 17.7 Å². The lowest BCUT2D eigenvalue weighted by Crippen LogP contribution is -2.16. The van der Waals surface area contributed by atoms with Gasteiger partial charge >= 0.3 is 12.4 Å². The van der Waals surface area contributed by atoms with E-state index in [1.807, 2.05) is 0 Å². The van der Waals surface area contributed by atoms with Gasteiger partial charge in [-0.15, -0.1) is 5.10 Å². The van der Waals surface area contributed by atoms with E-state index in [-0.39, 0.29) is 51.5 Å². The molecular formula is C31H21ClF6N4O4. The van der Waals surface area contributed by atoms with Crippen molar-refractivity contribution in [3.8, 4) is 22.6 Å². The fourth-order valence-corrected chi connectivity index (χ4v) is 5.29. The molecule has 8 nitrogen and oxygen atoms in total. The smallest absolute Gasteiger partial charge is 0.355 e. The highest BCUT2D eigenvalue weighted by Crippen LogP contribution is 2.38. The summed E-state index contributed by atoms with van der Waals surface area (Å²) in [7, 11) is 0. The van der Waals surface area contributed by atoms with E-state index in [0.717, 1.165) is 4.68 Å². The van der Waals surface area contributed by atoms with Crippen LogP contribution in [-0.4, -0.2) is 45.4 Å². The third-order valence-corrected chi connectivity index (χ3v) is 7.47. The Morgan fingerprint density at radius 1 is 0.891 bits per heavy atom. The minimum Gasteiger partial charge on any atom is -0.355 e. The maximum Gasteiger partial charge on any atom is 0.416 e. The lowest BCUT2D eigenvalue weighted by molar-refractivity contribution is -0.143. The molecule has 0 amide bonds. The molecule has 0 radical (unpaired) electrons. The Morgan fingerprint density at radius 3 is 2.15 bits per heavy atom. The molecule has 1 aliphatic heterocycles. The summed E-state index contributed by atoms with van der Waals surface area (Å²) in [5.74, 6) is -0.709. The van der Waals surface area contributed by atoms with Gasteiger partial charge in [0.2, 0.25) is 5.78 Å². The zero-order chi connectivity index (χ0) is 32.6. The Labute approximate surface area is 261 Å². The van der Waals surface area contributed by atoms with Crippen LogP contribution in [0.4, 0.5) is 26.3 Å². The molecule has 46 heavy (non-hydrogen) atoms. The molecule has 15 heteroatoms. The van der Waals surface area contributed by atoms with Crippen molar-refractivity contribution in [1.82, 2.24) is 20.2 Å². The van der Waals surface area contributed by atoms with Gasteiger partial charge in [-0.3, -0.25) is 4.79 Å². The third-order valence-electron chi connectivity index (χ3n) is 7.14. The van der Waals surface area contributed by atoms with Crippen LogP contribution in [0.25, 0.3) is 22.6 Å². The number of halogens is 7. The van der Waals surface area contributed by atoms with Crippen LogP contribution in [0.15, 0.2) is 77.3 Å². The number of alkyl halides is 6. The highest BCUT2D eigenvalue weighted by atomic mass is 35.5. The van der Waals surface area contributed by atoms with Gasteiger partial charge < -0.3 is 14.0 Å². The van der Waals surface area contributed by atoms with Crippen LogP contribution >= 0.6 is 11.6 Å². The molecule has 1 fully saturated rings. The molecular weight excluding hydrogens is 642 g/mol. The maximum atomic E-state index is 14.4. The van der Waals surface area contributed by atoms with Gasteiger partial charge in [0, 0.05) is 17.5 Å². The molecule has 3 heterocycles. The van der Waals surface area contributed by atoms with Gasteiger partial charge in [-0.1, -0.05) is 64.4 Å². The summed E-state index contributed by atoms with van der Waals surface area (Å²) in [6.07, 6.45) is -10.8. The van der Waals surface area contributed by atoms with Crippen molar-refractivity contribution in [3.63, 3.8) is 0 Å². The van der Waals surface area contributed by atoms with E-state index in [9.17, 15) is 31.1 Å². The number of ether oxygens (including phenoxy) is 2. The molecule has 1 aliphatic rings. The molecule has 0 unspecified atom stereocenters. The first-order valence-electron chi connectivity index (χ1n) is 13.7. The van der Waals surface area contributed by atoms with Crippen LogP contribution in [0, 0.1) is 0 Å². The largest absolute Gasteiger partial charge is 0.416 e.